The smallest absolute Gasteiger partial charge is 0.133 e. The molecule has 0 unspecified atom stereocenters. The van der Waals surface area contributed by atoms with Crippen LogP contribution in [-0.4, -0.2) is 42.7 Å². The Morgan fingerprint density at radius 3 is 2.67 bits per heavy atom. The van der Waals surface area contributed by atoms with Crippen LogP contribution < -0.4 is 4.90 Å². The lowest BCUT2D eigenvalue weighted by Crippen LogP contribution is -2.38. The fourth-order valence-corrected chi connectivity index (χ4v) is 3.89. The van der Waals surface area contributed by atoms with Gasteiger partial charge in [-0.1, -0.05) is 36.4 Å². The monoisotopic (exact) mass is 323 g/mol. The van der Waals surface area contributed by atoms with E-state index in [1.165, 1.54) is 24.0 Å². The highest BCUT2D eigenvalue weighted by Crippen LogP contribution is 2.37. The van der Waals surface area contributed by atoms with Gasteiger partial charge in [-0.05, 0) is 31.0 Å². The van der Waals surface area contributed by atoms with Crippen LogP contribution in [0.2, 0.25) is 0 Å². The van der Waals surface area contributed by atoms with Gasteiger partial charge in [0, 0.05) is 37.4 Å². The fraction of sp³-hybridized carbons (Fsp3) is 0.450. The van der Waals surface area contributed by atoms with Crippen LogP contribution in [-0.2, 0) is 11.3 Å². The van der Waals surface area contributed by atoms with Crippen molar-refractivity contribution in [3.63, 3.8) is 0 Å². The average molecular weight is 323 g/mol. The van der Waals surface area contributed by atoms with Crippen molar-refractivity contribution in [3.05, 3.63) is 59.8 Å². The van der Waals surface area contributed by atoms with E-state index in [1.807, 2.05) is 6.20 Å². The largest absolute Gasteiger partial charge is 0.378 e. The Hall–Kier alpha value is -1.91. The highest BCUT2D eigenvalue weighted by molar-refractivity contribution is 5.49. The van der Waals surface area contributed by atoms with Gasteiger partial charge in [0.25, 0.3) is 0 Å². The van der Waals surface area contributed by atoms with E-state index in [1.54, 1.807) is 0 Å². The Kier molecular flexibility index (Phi) is 4.76. The maximum Gasteiger partial charge on any atom is 0.133 e. The van der Waals surface area contributed by atoms with Crippen molar-refractivity contribution in [2.75, 3.05) is 37.7 Å². The first-order valence-electron chi connectivity index (χ1n) is 8.97. The number of likely N-dealkylation sites (tertiary alicyclic amines) is 1. The summed E-state index contributed by atoms with van der Waals surface area (Å²) in [4.78, 5) is 9.73. The molecule has 0 aliphatic carbocycles. The summed E-state index contributed by atoms with van der Waals surface area (Å²) in [5, 5.41) is 0. The topological polar surface area (TPSA) is 28.6 Å². The van der Waals surface area contributed by atoms with Crippen molar-refractivity contribution in [2.45, 2.75) is 25.4 Å². The van der Waals surface area contributed by atoms with Gasteiger partial charge in [0.15, 0.2) is 0 Å². The Balaban J connectivity index is 1.58. The first-order valence-corrected chi connectivity index (χ1v) is 8.97. The van der Waals surface area contributed by atoms with Crippen LogP contribution in [0.25, 0.3) is 0 Å². The highest BCUT2D eigenvalue weighted by Gasteiger charge is 2.29. The van der Waals surface area contributed by atoms with E-state index in [0.29, 0.717) is 6.04 Å². The molecule has 0 radical (unpaired) electrons. The normalized spacial score (nSPS) is 22.0. The van der Waals surface area contributed by atoms with Crippen molar-refractivity contribution >= 4 is 5.82 Å². The Morgan fingerprint density at radius 2 is 1.83 bits per heavy atom. The minimum absolute atomic E-state index is 0.469. The molecule has 0 bridgehead atoms. The molecule has 1 aromatic heterocycles. The van der Waals surface area contributed by atoms with Gasteiger partial charge in [0.05, 0.1) is 13.2 Å². The number of nitrogens with zero attached hydrogens (tertiary/aromatic N) is 3. The quantitative estimate of drug-likeness (QED) is 0.863. The minimum Gasteiger partial charge on any atom is -0.378 e. The van der Waals surface area contributed by atoms with E-state index in [4.69, 9.17) is 9.72 Å². The summed E-state index contributed by atoms with van der Waals surface area (Å²) in [6.07, 6.45) is 4.40. The van der Waals surface area contributed by atoms with Crippen LogP contribution in [0.4, 0.5) is 5.82 Å². The van der Waals surface area contributed by atoms with Gasteiger partial charge in [0.2, 0.25) is 0 Å². The maximum absolute atomic E-state index is 5.51. The second kappa shape index (κ2) is 7.32. The summed E-state index contributed by atoms with van der Waals surface area (Å²) < 4.78 is 5.51. The lowest BCUT2D eigenvalue weighted by Gasteiger charge is -2.32. The highest BCUT2D eigenvalue weighted by atomic mass is 16.5. The average Bonchev–Trinajstić information content (AvgIpc) is 3.11. The molecule has 0 amide bonds. The zero-order valence-corrected chi connectivity index (χ0v) is 14.1. The number of benzene rings is 1. The van der Waals surface area contributed by atoms with Crippen LogP contribution in [0, 0.1) is 0 Å². The number of anilines is 1. The predicted octanol–water partition coefficient (Wildman–Crippen LogP) is 3.26. The van der Waals surface area contributed by atoms with Crippen LogP contribution in [0.1, 0.15) is 30.0 Å². The lowest BCUT2D eigenvalue weighted by molar-refractivity contribution is 0.122. The molecule has 4 heteroatoms. The first kappa shape index (κ1) is 15.6. The van der Waals surface area contributed by atoms with Crippen LogP contribution >= 0.6 is 0 Å². The van der Waals surface area contributed by atoms with Crippen molar-refractivity contribution in [2.24, 2.45) is 0 Å². The van der Waals surface area contributed by atoms with E-state index >= 15 is 0 Å². The van der Waals surface area contributed by atoms with E-state index < -0.39 is 0 Å². The molecule has 4 nitrogen and oxygen atoms in total. The van der Waals surface area contributed by atoms with Gasteiger partial charge in [-0.2, -0.15) is 0 Å². The number of morpholine rings is 1. The summed E-state index contributed by atoms with van der Waals surface area (Å²) in [6.45, 7) is 5.66. The van der Waals surface area contributed by atoms with Crippen molar-refractivity contribution in [3.8, 4) is 0 Å². The van der Waals surface area contributed by atoms with E-state index in [0.717, 1.165) is 45.2 Å². The third-order valence-electron chi connectivity index (χ3n) is 5.08. The SMILES string of the molecule is c1ccc(CN2CCC[C@@H]2c2cccnc2N2CCOCC2)cc1. The lowest BCUT2D eigenvalue weighted by atomic mass is 10.0. The molecule has 2 fully saturated rings. The molecule has 24 heavy (non-hydrogen) atoms. The van der Waals surface area contributed by atoms with E-state index in [9.17, 15) is 0 Å². The number of rotatable bonds is 4. The molecule has 3 heterocycles. The molecule has 2 aliphatic heterocycles. The van der Waals surface area contributed by atoms with Crippen molar-refractivity contribution in [1.82, 2.24) is 9.88 Å². The summed E-state index contributed by atoms with van der Waals surface area (Å²) in [6, 6.07) is 15.6. The van der Waals surface area contributed by atoms with Gasteiger partial charge in [-0.25, -0.2) is 4.98 Å². The van der Waals surface area contributed by atoms with Gasteiger partial charge >= 0.3 is 0 Å². The van der Waals surface area contributed by atoms with Gasteiger partial charge in [-0.3, -0.25) is 4.90 Å². The summed E-state index contributed by atoms with van der Waals surface area (Å²) >= 11 is 0. The fourth-order valence-electron chi connectivity index (χ4n) is 3.89. The standard InChI is InChI=1S/C20H25N3O/c1-2-6-17(7-3-1)16-23-11-5-9-19(23)18-8-4-10-21-20(18)22-12-14-24-15-13-22/h1-4,6-8,10,19H,5,9,11-16H2/t19-/m1/s1. The molecule has 2 aromatic rings. The molecule has 0 saturated carbocycles. The third-order valence-corrected chi connectivity index (χ3v) is 5.08. The van der Waals surface area contributed by atoms with E-state index in [-0.39, 0.29) is 0 Å². The second-order valence-electron chi connectivity index (χ2n) is 6.63. The summed E-state index contributed by atoms with van der Waals surface area (Å²) in [5.74, 6) is 1.16. The first-order chi connectivity index (χ1) is 11.9. The number of pyridine rings is 1. The van der Waals surface area contributed by atoms with Crippen LogP contribution in [0.15, 0.2) is 48.7 Å². The molecular weight excluding hydrogens is 298 g/mol. The third kappa shape index (κ3) is 3.30. The molecular formula is C20H25N3O. The summed E-state index contributed by atoms with van der Waals surface area (Å²) in [7, 11) is 0. The maximum atomic E-state index is 5.51. The Labute approximate surface area is 144 Å². The number of hydrogen-bond donors (Lipinski definition) is 0. The number of hydrogen-bond acceptors (Lipinski definition) is 4. The van der Waals surface area contributed by atoms with Crippen molar-refractivity contribution < 1.29 is 4.74 Å². The molecule has 1 atom stereocenters. The Morgan fingerprint density at radius 1 is 1.00 bits per heavy atom. The van der Waals surface area contributed by atoms with E-state index in [2.05, 4.69) is 52.3 Å². The zero-order chi connectivity index (χ0) is 16.2. The van der Waals surface area contributed by atoms with Gasteiger partial charge < -0.3 is 9.64 Å². The molecule has 126 valence electrons. The minimum atomic E-state index is 0.469. The van der Waals surface area contributed by atoms with Crippen LogP contribution in [0.5, 0.6) is 0 Å². The van der Waals surface area contributed by atoms with Crippen molar-refractivity contribution in [1.29, 1.82) is 0 Å². The Bertz CT molecular complexity index is 655. The predicted molar refractivity (Wildman–Crippen MR) is 96.1 cm³/mol. The van der Waals surface area contributed by atoms with Gasteiger partial charge in [0.1, 0.15) is 5.82 Å². The number of ether oxygens (including phenoxy) is 1. The zero-order valence-electron chi connectivity index (χ0n) is 14.1. The molecule has 2 aliphatic rings. The van der Waals surface area contributed by atoms with Gasteiger partial charge in [-0.15, -0.1) is 0 Å². The molecule has 1 aromatic carbocycles. The van der Waals surface area contributed by atoms with Crippen LogP contribution in [0.3, 0.4) is 0 Å². The molecule has 0 N–H and O–H groups in total. The molecule has 2 saturated heterocycles. The second-order valence-corrected chi connectivity index (χ2v) is 6.63. The molecule has 4 rings (SSSR count). The number of aromatic nitrogens is 1. The molecule has 0 spiro atoms. The summed E-state index contributed by atoms with van der Waals surface area (Å²) in [5.41, 5.74) is 2.77.